The number of nitrogens with one attached hydrogen (secondary N) is 2. The average molecular weight is 377 g/mol. The van der Waals surface area contributed by atoms with Crippen LogP contribution < -0.4 is 10.6 Å². The smallest absolute Gasteiger partial charge is 0.254 e. The molecule has 1 aromatic heterocycles. The van der Waals surface area contributed by atoms with Gasteiger partial charge in [-0.2, -0.15) is 0 Å². The molecule has 0 aromatic carbocycles. The summed E-state index contributed by atoms with van der Waals surface area (Å²) < 4.78 is 0. The molecule has 2 fully saturated rings. The number of hydrogen-bond acceptors (Lipinski definition) is 4. The van der Waals surface area contributed by atoms with Crippen molar-refractivity contribution < 1.29 is 15.8 Å². The average Bonchev–Trinajstić information content (AvgIpc) is 3.49. The van der Waals surface area contributed by atoms with Gasteiger partial charge in [0, 0.05) is 25.2 Å². The first-order chi connectivity index (χ1) is 12.5. The minimum absolute atomic E-state index is 0. The van der Waals surface area contributed by atoms with E-state index in [1.54, 1.807) is 18.3 Å². The van der Waals surface area contributed by atoms with Gasteiger partial charge in [-0.1, -0.05) is 0 Å². The fourth-order valence-electron chi connectivity index (χ4n) is 3.77. The minimum atomic E-state index is -0.0658. The molecule has 3 aliphatic carbocycles. The molecule has 2 saturated carbocycles. The molecule has 0 aliphatic heterocycles. The highest BCUT2D eigenvalue weighted by atomic mass is 32.1. The molecule has 4 rings (SSSR count). The van der Waals surface area contributed by atoms with Crippen LogP contribution in [0.1, 0.15) is 67.7 Å². The molecule has 0 bridgehead atoms. The number of rotatable bonds is 7. The van der Waals surface area contributed by atoms with Gasteiger partial charge in [0.05, 0.1) is 5.56 Å². The summed E-state index contributed by atoms with van der Waals surface area (Å²) in [5, 5.41) is 6.79. The Labute approximate surface area is 159 Å². The lowest BCUT2D eigenvalue weighted by molar-refractivity contribution is -0.118. The molecule has 0 spiro atoms. The lowest BCUT2D eigenvalue weighted by Gasteiger charge is -2.22. The Morgan fingerprint density at radius 3 is 2.54 bits per heavy atom. The molecular weight excluding hydrogens is 348 g/mol. The number of carbonyl (C=O) groups is 3. The Balaban J connectivity index is 0.00000210. The normalized spacial score (nSPS) is 21.8. The highest BCUT2D eigenvalue weighted by Crippen LogP contribution is 2.41. The van der Waals surface area contributed by atoms with Crippen LogP contribution in [0.25, 0.3) is 0 Å². The maximum absolute atomic E-state index is 12.9. The summed E-state index contributed by atoms with van der Waals surface area (Å²) >= 11 is 1.56. The number of aryl methyl sites for hydroxylation is 1. The van der Waals surface area contributed by atoms with Crippen LogP contribution in [0.4, 0.5) is 5.00 Å². The Bertz CT molecular complexity index is 753. The fourth-order valence-corrected chi connectivity index (χ4v) is 5.02. The van der Waals surface area contributed by atoms with E-state index >= 15 is 0 Å². The number of hydrogen-bond donors (Lipinski definition) is 2. The highest BCUT2D eigenvalue weighted by molar-refractivity contribution is 7.17. The third kappa shape index (κ3) is 4.00. The number of Topliss-reactive ketones (excluding diaryl/α,β-unsaturated/α-hetero) is 1. The van der Waals surface area contributed by atoms with Gasteiger partial charge in [0.2, 0.25) is 5.91 Å². The van der Waals surface area contributed by atoms with Gasteiger partial charge in [-0.05, 0) is 69.3 Å². The molecular formula is C20H28N2O3S. The fraction of sp³-hybridized carbons (Fsp3) is 0.650. The van der Waals surface area contributed by atoms with E-state index in [9.17, 15) is 14.4 Å². The third-order valence-corrected chi connectivity index (χ3v) is 6.81. The molecule has 0 radical (unpaired) electrons. The predicted molar refractivity (Wildman–Crippen MR) is 104 cm³/mol. The van der Waals surface area contributed by atoms with Crippen molar-refractivity contribution in [3.05, 3.63) is 16.0 Å². The first-order valence-electron chi connectivity index (χ1n) is 9.74. The summed E-state index contributed by atoms with van der Waals surface area (Å²) in [6.07, 6.45) is 7.47. The topological polar surface area (TPSA) is 75.3 Å². The van der Waals surface area contributed by atoms with Gasteiger partial charge in [0.25, 0.3) is 5.91 Å². The lowest BCUT2D eigenvalue weighted by Crippen LogP contribution is -2.28. The minimum Gasteiger partial charge on any atom is -0.352 e. The molecule has 26 heavy (non-hydrogen) atoms. The molecule has 1 aromatic rings. The summed E-state index contributed by atoms with van der Waals surface area (Å²) in [7, 11) is 0. The van der Waals surface area contributed by atoms with E-state index in [0.29, 0.717) is 28.8 Å². The van der Waals surface area contributed by atoms with Crippen molar-refractivity contribution in [3.63, 3.8) is 0 Å². The van der Waals surface area contributed by atoms with Crippen LogP contribution in [-0.2, 0) is 22.4 Å². The van der Waals surface area contributed by atoms with Gasteiger partial charge in [0.1, 0.15) is 10.8 Å². The molecule has 1 atom stereocenters. The Morgan fingerprint density at radius 1 is 1.12 bits per heavy atom. The van der Waals surface area contributed by atoms with E-state index in [-0.39, 0.29) is 24.9 Å². The van der Waals surface area contributed by atoms with E-state index in [2.05, 4.69) is 10.6 Å². The van der Waals surface area contributed by atoms with Crippen molar-refractivity contribution in [2.75, 3.05) is 11.9 Å². The van der Waals surface area contributed by atoms with Gasteiger partial charge in [-0.3, -0.25) is 9.59 Å². The second-order valence-corrected chi connectivity index (χ2v) is 9.24. The van der Waals surface area contributed by atoms with Crippen LogP contribution in [0.3, 0.4) is 0 Å². The number of anilines is 1. The Morgan fingerprint density at radius 2 is 1.88 bits per heavy atom. The highest BCUT2D eigenvalue weighted by Gasteiger charge is 2.34. The summed E-state index contributed by atoms with van der Waals surface area (Å²) in [5.41, 5.74) is 1.72. The maximum atomic E-state index is 12.9. The summed E-state index contributed by atoms with van der Waals surface area (Å²) in [6, 6.07) is 0. The van der Waals surface area contributed by atoms with Gasteiger partial charge in [-0.25, -0.2) is 0 Å². The summed E-state index contributed by atoms with van der Waals surface area (Å²) in [6.45, 7) is 2.35. The SMILES string of the molecule is CC(=O)CC1CCc2sc(NC(=O)C3CC3)c(C(=O)NCC3CC3)c2C1.[HH]. The number of thiophene rings is 1. The molecule has 2 amide bonds. The molecule has 1 heterocycles. The van der Waals surface area contributed by atoms with E-state index in [1.165, 1.54) is 17.7 Å². The van der Waals surface area contributed by atoms with Crippen LogP contribution >= 0.6 is 11.3 Å². The summed E-state index contributed by atoms with van der Waals surface area (Å²) in [4.78, 5) is 37.9. The van der Waals surface area contributed by atoms with E-state index < -0.39 is 0 Å². The number of carbonyl (C=O) groups excluding carboxylic acids is 3. The van der Waals surface area contributed by atoms with E-state index in [0.717, 1.165) is 44.2 Å². The number of ketones is 1. The quantitative estimate of drug-likeness (QED) is 0.764. The lowest BCUT2D eigenvalue weighted by atomic mass is 9.83. The van der Waals surface area contributed by atoms with Crippen molar-refractivity contribution >= 4 is 33.9 Å². The van der Waals surface area contributed by atoms with Crippen molar-refractivity contribution in [2.45, 2.75) is 58.3 Å². The van der Waals surface area contributed by atoms with E-state index in [1.807, 2.05) is 0 Å². The first-order valence-corrected chi connectivity index (χ1v) is 10.6. The zero-order valence-electron chi connectivity index (χ0n) is 15.2. The molecule has 1 unspecified atom stereocenters. The molecule has 142 valence electrons. The van der Waals surface area contributed by atoms with E-state index in [4.69, 9.17) is 0 Å². The van der Waals surface area contributed by atoms with Gasteiger partial charge < -0.3 is 15.4 Å². The standard InChI is InChI=1S/C20H26N2O3S.H2/c1-11(23)8-13-4-7-16-15(9-13)17(19(25)21-10-12-2-3-12)20(26-16)22-18(24)14-5-6-14;/h12-14H,2-10H2,1H3,(H,21,25)(H,22,24);1H. The van der Waals surface area contributed by atoms with Gasteiger partial charge in [-0.15, -0.1) is 11.3 Å². The van der Waals surface area contributed by atoms with Crippen molar-refractivity contribution in [3.8, 4) is 0 Å². The predicted octanol–water partition coefficient (Wildman–Crippen LogP) is 3.57. The number of fused-ring (bicyclic) bond motifs is 1. The van der Waals surface area contributed by atoms with Crippen LogP contribution in [0, 0.1) is 17.8 Å². The van der Waals surface area contributed by atoms with Crippen LogP contribution in [0.5, 0.6) is 0 Å². The van der Waals surface area contributed by atoms with Crippen LogP contribution in [0.2, 0.25) is 0 Å². The molecule has 2 N–H and O–H groups in total. The Kier molecular flexibility index (Phi) is 4.86. The third-order valence-electron chi connectivity index (χ3n) is 5.60. The van der Waals surface area contributed by atoms with Crippen molar-refractivity contribution in [1.82, 2.24) is 5.32 Å². The van der Waals surface area contributed by atoms with Crippen molar-refractivity contribution in [1.29, 1.82) is 0 Å². The largest absolute Gasteiger partial charge is 0.352 e. The number of amides is 2. The van der Waals surface area contributed by atoms with Crippen LogP contribution in [-0.4, -0.2) is 24.1 Å². The molecule has 3 aliphatic rings. The second-order valence-electron chi connectivity index (χ2n) is 8.14. The zero-order valence-corrected chi connectivity index (χ0v) is 16.0. The summed E-state index contributed by atoms with van der Waals surface area (Å²) in [5.74, 6) is 1.21. The second kappa shape index (κ2) is 7.14. The monoisotopic (exact) mass is 376 g/mol. The van der Waals surface area contributed by atoms with Crippen LogP contribution in [0.15, 0.2) is 0 Å². The van der Waals surface area contributed by atoms with Crippen molar-refractivity contribution in [2.24, 2.45) is 17.8 Å². The van der Waals surface area contributed by atoms with Gasteiger partial charge in [0.15, 0.2) is 0 Å². The Hall–Kier alpha value is -1.69. The molecule has 5 nitrogen and oxygen atoms in total. The molecule has 0 saturated heterocycles. The maximum Gasteiger partial charge on any atom is 0.254 e. The first kappa shape index (κ1) is 17.7. The zero-order chi connectivity index (χ0) is 18.3. The van der Waals surface area contributed by atoms with Gasteiger partial charge >= 0.3 is 0 Å². The molecule has 6 heteroatoms.